The van der Waals surface area contributed by atoms with E-state index in [-0.39, 0.29) is 18.3 Å². The third kappa shape index (κ3) is 4.99. The first-order chi connectivity index (χ1) is 13.0. The molecule has 3 rings (SSSR count). The Morgan fingerprint density at radius 1 is 1.15 bits per heavy atom. The molecule has 2 amide bonds. The summed E-state index contributed by atoms with van der Waals surface area (Å²) in [6, 6.07) is 11.1. The number of ether oxygens (including phenoxy) is 3. The van der Waals surface area contributed by atoms with Gasteiger partial charge in [0.05, 0.1) is 6.04 Å². The van der Waals surface area contributed by atoms with Gasteiger partial charge in [-0.15, -0.1) is 0 Å². The van der Waals surface area contributed by atoms with Crippen molar-refractivity contribution in [3.05, 3.63) is 53.6 Å². The van der Waals surface area contributed by atoms with Crippen LogP contribution in [0.25, 0.3) is 0 Å². The van der Waals surface area contributed by atoms with E-state index in [1.165, 1.54) is 6.07 Å². The molecule has 0 spiro atoms. The maximum absolute atomic E-state index is 12.4. The number of benzene rings is 2. The number of halogens is 2. The van der Waals surface area contributed by atoms with Crippen molar-refractivity contribution in [2.24, 2.45) is 0 Å². The molecule has 0 aromatic heterocycles. The molecule has 0 saturated heterocycles. The third-order valence-electron chi connectivity index (χ3n) is 4.04. The molecule has 8 heteroatoms. The molecule has 6 nitrogen and oxygen atoms in total. The highest BCUT2D eigenvalue weighted by molar-refractivity contribution is 5.74. The van der Waals surface area contributed by atoms with E-state index >= 15 is 0 Å². The van der Waals surface area contributed by atoms with Gasteiger partial charge in [-0.25, -0.2) is 4.79 Å². The number of rotatable bonds is 6. The van der Waals surface area contributed by atoms with Crippen molar-refractivity contribution < 1.29 is 27.8 Å². The molecule has 0 bridgehead atoms. The van der Waals surface area contributed by atoms with Gasteiger partial charge in [0.15, 0.2) is 11.5 Å². The molecular weight excluding hydrogens is 358 g/mol. The lowest BCUT2D eigenvalue weighted by atomic mass is 10.1. The Balaban J connectivity index is 1.56. The Kier molecular flexibility index (Phi) is 5.95. The van der Waals surface area contributed by atoms with Crippen LogP contribution >= 0.6 is 0 Å². The van der Waals surface area contributed by atoms with Crippen molar-refractivity contribution in [3.8, 4) is 17.2 Å². The Labute approximate surface area is 155 Å². The minimum absolute atomic E-state index is 0.0349. The number of alkyl halides is 2. The van der Waals surface area contributed by atoms with Crippen LogP contribution in [0.1, 0.15) is 24.1 Å². The number of carbonyl (C=O) groups excluding carboxylic acids is 1. The fourth-order valence-electron chi connectivity index (χ4n) is 2.70. The SMILES string of the molecule is C[C@@H](NC(=O)NCc1ccccc1OC(F)F)c1ccc2c(c1)OCCO2. The fraction of sp³-hybridized carbons (Fsp3) is 0.316. The predicted molar refractivity (Wildman–Crippen MR) is 94.3 cm³/mol. The first-order valence-electron chi connectivity index (χ1n) is 8.49. The molecule has 27 heavy (non-hydrogen) atoms. The lowest BCUT2D eigenvalue weighted by Gasteiger charge is -2.21. The molecule has 144 valence electrons. The monoisotopic (exact) mass is 378 g/mol. The molecule has 2 N–H and O–H groups in total. The van der Waals surface area contributed by atoms with Gasteiger partial charge in [0, 0.05) is 12.1 Å². The van der Waals surface area contributed by atoms with Crippen LogP contribution < -0.4 is 24.8 Å². The molecule has 0 fully saturated rings. The summed E-state index contributed by atoms with van der Waals surface area (Å²) in [5.41, 5.74) is 1.32. The zero-order valence-electron chi connectivity index (χ0n) is 14.7. The number of urea groups is 1. The van der Waals surface area contributed by atoms with Crippen molar-refractivity contribution in [2.45, 2.75) is 26.1 Å². The van der Waals surface area contributed by atoms with Gasteiger partial charge in [0.25, 0.3) is 0 Å². The average molecular weight is 378 g/mol. The highest BCUT2D eigenvalue weighted by atomic mass is 19.3. The largest absolute Gasteiger partial charge is 0.486 e. The highest BCUT2D eigenvalue weighted by Gasteiger charge is 2.16. The number of amides is 2. The molecule has 1 heterocycles. The van der Waals surface area contributed by atoms with Crippen LogP contribution in [0.5, 0.6) is 17.2 Å². The van der Waals surface area contributed by atoms with Crippen LogP contribution in [-0.4, -0.2) is 25.9 Å². The lowest BCUT2D eigenvalue weighted by molar-refractivity contribution is -0.0504. The van der Waals surface area contributed by atoms with Crippen molar-refractivity contribution in [1.82, 2.24) is 10.6 Å². The molecule has 0 radical (unpaired) electrons. The van der Waals surface area contributed by atoms with E-state index in [2.05, 4.69) is 15.4 Å². The lowest BCUT2D eigenvalue weighted by Crippen LogP contribution is -2.36. The molecule has 2 aromatic carbocycles. The van der Waals surface area contributed by atoms with E-state index in [9.17, 15) is 13.6 Å². The van der Waals surface area contributed by atoms with Crippen LogP contribution in [0.4, 0.5) is 13.6 Å². The molecule has 1 aliphatic rings. The van der Waals surface area contributed by atoms with Gasteiger partial charge < -0.3 is 24.8 Å². The zero-order chi connectivity index (χ0) is 19.2. The summed E-state index contributed by atoms with van der Waals surface area (Å²) >= 11 is 0. The molecular formula is C19H20F2N2O4. The number of hydrogen-bond acceptors (Lipinski definition) is 4. The molecule has 0 unspecified atom stereocenters. The predicted octanol–water partition coefficient (Wildman–Crippen LogP) is 3.62. The second-order valence-electron chi connectivity index (χ2n) is 5.94. The molecule has 0 aliphatic carbocycles. The first kappa shape index (κ1) is 18.8. The Morgan fingerprint density at radius 3 is 2.67 bits per heavy atom. The first-order valence-corrected chi connectivity index (χ1v) is 8.49. The quantitative estimate of drug-likeness (QED) is 0.806. The van der Waals surface area contributed by atoms with Crippen molar-refractivity contribution in [1.29, 1.82) is 0 Å². The van der Waals surface area contributed by atoms with Gasteiger partial charge >= 0.3 is 12.6 Å². The summed E-state index contributed by atoms with van der Waals surface area (Å²) in [5.74, 6) is 1.36. The summed E-state index contributed by atoms with van der Waals surface area (Å²) < 4.78 is 40.3. The Morgan fingerprint density at radius 2 is 1.89 bits per heavy atom. The maximum atomic E-state index is 12.4. The number of fused-ring (bicyclic) bond motifs is 1. The van der Waals surface area contributed by atoms with Gasteiger partial charge in [0.1, 0.15) is 19.0 Å². The van der Waals surface area contributed by atoms with Crippen LogP contribution in [0.3, 0.4) is 0 Å². The summed E-state index contributed by atoms with van der Waals surface area (Å²) in [5, 5.41) is 5.44. The number of carbonyl (C=O) groups is 1. The van der Waals surface area contributed by atoms with E-state index in [0.29, 0.717) is 30.3 Å². The topological polar surface area (TPSA) is 68.8 Å². The van der Waals surface area contributed by atoms with Gasteiger partial charge in [-0.1, -0.05) is 24.3 Å². The zero-order valence-corrected chi connectivity index (χ0v) is 14.7. The fourth-order valence-corrected chi connectivity index (χ4v) is 2.70. The van der Waals surface area contributed by atoms with Crippen LogP contribution in [-0.2, 0) is 6.54 Å². The van der Waals surface area contributed by atoms with E-state index in [1.807, 2.05) is 19.1 Å². The second kappa shape index (κ2) is 8.57. The van der Waals surface area contributed by atoms with E-state index in [0.717, 1.165) is 5.56 Å². The van der Waals surface area contributed by atoms with Gasteiger partial charge in [-0.3, -0.25) is 0 Å². The van der Waals surface area contributed by atoms with E-state index in [1.54, 1.807) is 24.3 Å². The summed E-state index contributed by atoms with van der Waals surface area (Å²) in [6.45, 7) is -0.0326. The minimum atomic E-state index is -2.92. The number of nitrogens with one attached hydrogen (secondary N) is 2. The van der Waals surface area contributed by atoms with Gasteiger partial charge in [-0.2, -0.15) is 8.78 Å². The highest BCUT2D eigenvalue weighted by Crippen LogP contribution is 2.32. The summed E-state index contributed by atoms with van der Waals surface area (Å²) in [4.78, 5) is 12.2. The maximum Gasteiger partial charge on any atom is 0.387 e. The summed E-state index contributed by atoms with van der Waals surface area (Å²) in [6.07, 6.45) is 0. The molecule has 1 aliphatic heterocycles. The molecule has 1 atom stereocenters. The Bertz CT molecular complexity index is 801. The summed E-state index contributed by atoms with van der Waals surface area (Å²) in [7, 11) is 0. The smallest absolute Gasteiger partial charge is 0.387 e. The minimum Gasteiger partial charge on any atom is -0.486 e. The standard InChI is InChI=1S/C19H20F2N2O4/c1-12(13-6-7-16-17(10-13)26-9-8-25-16)23-19(24)22-11-14-4-2-3-5-15(14)27-18(20)21/h2-7,10,12,18H,8-9,11H2,1H3,(H2,22,23,24)/t12-/m1/s1. The number of hydrogen-bond donors (Lipinski definition) is 2. The second-order valence-corrected chi connectivity index (χ2v) is 5.94. The van der Waals surface area contributed by atoms with Crippen LogP contribution in [0.2, 0.25) is 0 Å². The van der Waals surface area contributed by atoms with Crippen molar-refractivity contribution >= 4 is 6.03 Å². The van der Waals surface area contributed by atoms with Crippen LogP contribution in [0.15, 0.2) is 42.5 Å². The van der Waals surface area contributed by atoms with E-state index in [4.69, 9.17) is 9.47 Å². The van der Waals surface area contributed by atoms with Crippen molar-refractivity contribution in [2.75, 3.05) is 13.2 Å². The molecule has 0 saturated carbocycles. The normalized spacial score (nSPS) is 13.8. The van der Waals surface area contributed by atoms with Gasteiger partial charge in [0.2, 0.25) is 0 Å². The number of para-hydroxylation sites is 1. The van der Waals surface area contributed by atoms with Crippen LogP contribution in [0, 0.1) is 0 Å². The third-order valence-corrected chi connectivity index (χ3v) is 4.04. The van der Waals surface area contributed by atoms with Gasteiger partial charge in [-0.05, 0) is 30.7 Å². The average Bonchev–Trinajstić information content (AvgIpc) is 2.66. The molecule has 2 aromatic rings. The van der Waals surface area contributed by atoms with Crippen molar-refractivity contribution in [3.63, 3.8) is 0 Å². The Hall–Kier alpha value is -3.03. The van der Waals surface area contributed by atoms with E-state index < -0.39 is 12.6 Å².